The molecule has 0 spiro atoms. The summed E-state index contributed by atoms with van der Waals surface area (Å²) in [6, 6.07) is 18.8. The third-order valence-corrected chi connectivity index (χ3v) is 5.15. The van der Waals surface area contributed by atoms with Crippen LogP contribution in [0.5, 0.6) is 17.2 Å². The monoisotopic (exact) mass is 448 g/mol. The average Bonchev–Trinajstić information content (AvgIpc) is 2.82. The van der Waals surface area contributed by atoms with E-state index in [1.807, 2.05) is 54.6 Å². The second-order valence-corrected chi connectivity index (χ2v) is 7.41. The number of hydrogen-bond acceptors (Lipinski definition) is 4. The number of carbonyl (C=O) groups excluding carboxylic acids is 1. The van der Waals surface area contributed by atoms with Gasteiger partial charge in [-0.05, 0) is 53.5 Å². The van der Waals surface area contributed by atoms with E-state index in [9.17, 15) is 4.79 Å². The molecule has 4 nitrogen and oxygen atoms in total. The molecule has 0 heterocycles. The molecule has 3 rings (SSSR count). The number of hydrogen-bond donors (Lipinski definition) is 0. The Labute approximate surface area is 193 Å². The Morgan fingerprint density at radius 1 is 0.875 bits per heavy atom. The fourth-order valence-corrected chi connectivity index (χ4v) is 3.49. The van der Waals surface area contributed by atoms with E-state index in [0.29, 0.717) is 34.3 Å². The molecular formula is C27H25ClO4. The normalized spacial score (nSPS) is 11.1. The Balaban J connectivity index is 1.78. The molecule has 0 unspecified atom stereocenters. The van der Waals surface area contributed by atoms with Crippen LogP contribution in [-0.2, 0) is 6.42 Å². The highest BCUT2D eigenvalue weighted by atomic mass is 35.5. The van der Waals surface area contributed by atoms with Gasteiger partial charge in [-0.2, -0.15) is 0 Å². The van der Waals surface area contributed by atoms with Gasteiger partial charge in [-0.1, -0.05) is 66.2 Å². The van der Waals surface area contributed by atoms with E-state index in [2.05, 4.69) is 0 Å². The number of rotatable bonds is 9. The van der Waals surface area contributed by atoms with Gasteiger partial charge in [-0.3, -0.25) is 4.79 Å². The zero-order chi connectivity index (χ0) is 22.9. The minimum absolute atomic E-state index is 0.0713. The van der Waals surface area contributed by atoms with Crippen LogP contribution in [0.15, 0.2) is 72.8 Å². The van der Waals surface area contributed by atoms with Crippen molar-refractivity contribution < 1.29 is 19.0 Å². The predicted molar refractivity (Wildman–Crippen MR) is 130 cm³/mol. The van der Waals surface area contributed by atoms with E-state index in [1.54, 1.807) is 51.7 Å². The standard InChI is InChI=1S/C27H25ClO4/c1-30-25-16-19(17-26(31-2)27(25)32-3)14-15-21-9-5-4-8-20(21)10-7-13-24(29)22-11-6-12-23(28)18-22/h4-9,11-18H,10H2,1-3H3/b13-7-,15-14-. The molecule has 0 amide bonds. The van der Waals surface area contributed by atoms with Crippen LogP contribution in [0.4, 0.5) is 0 Å². The molecule has 0 bridgehead atoms. The van der Waals surface area contributed by atoms with Crippen LogP contribution in [0.25, 0.3) is 12.2 Å². The van der Waals surface area contributed by atoms with Crippen molar-refractivity contribution in [3.63, 3.8) is 0 Å². The van der Waals surface area contributed by atoms with Gasteiger partial charge >= 0.3 is 0 Å². The Morgan fingerprint density at radius 2 is 1.59 bits per heavy atom. The second-order valence-electron chi connectivity index (χ2n) is 6.97. The zero-order valence-corrected chi connectivity index (χ0v) is 19.1. The Morgan fingerprint density at radius 3 is 2.25 bits per heavy atom. The van der Waals surface area contributed by atoms with Crippen LogP contribution >= 0.6 is 11.6 Å². The maximum atomic E-state index is 12.4. The van der Waals surface area contributed by atoms with E-state index in [4.69, 9.17) is 25.8 Å². The molecule has 0 saturated carbocycles. The Kier molecular flexibility index (Phi) is 8.12. The molecule has 0 aromatic heterocycles. The third kappa shape index (κ3) is 5.80. The first kappa shape index (κ1) is 23.2. The van der Waals surface area contributed by atoms with Crippen molar-refractivity contribution in [2.75, 3.05) is 21.3 Å². The van der Waals surface area contributed by atoms with E-state index < -0.39 is 0 Å². The van der Waals surface area contributed by atoms with Gasteiger partial charge in [0.25, 0.3) is 0 Å². The van der Waals surface area contributed by atoms with Crippen LogP contribution in [0.2, 0.25) is 5.02 Å². The number of ketones is 1. The molecule has 0 fully saturated rings. The van der Waals surface area contributed by atoms with Gasteiger partial charge in [-0.15, -0.1) is 0 Å². The van der Waals surface area contributed by atoms with Gasteiger partial charge < -0.3 is 14.2 Å². The summed E-state index contributed by atoms with van der Waals surface area (Å²) in [6.45, 7) is 0. The maximum absolute atomic E-state index is 12.4. The third-order valence-electron chi connectivity index (χ3n) is 4.91. The summed E-state index contributed by atoms with van der Waals surface area (Å²) < 4.78 is 16.2. The summed E-state index contributed by atoms with van der Waals surface area (Å²) in [5.41, 5.74) is 3.65. The summed E-state index contributed by atoms with van der Waals surface area (Å²) in [7, 11) is 4.77. The first-order chi connectivity index (χ1) is 15.5. The highest BCUT2D eigenvalue weighted by molar-refractivity contribution is 6.31. The fraction of sp³-hybridized carbons (Fsp3) is 0.148. The molecule has 3 aromatic rings. The van der Waals surface area contributed by atoms with Crippen LogP contribution < -0.4 is 14.2 Å². The number of ether oxygens (including phenoxy) is 3. The quantitative estimate of drug-likeness (QED) is 0.212. The van der Waals surface area contributed by atoms with Crippen molar-refractivity contribution in [1.82, 2.24) is 0 Å². The van der Waals surface area contributed by atoms with Crippen molar-refractivity contribution >= 4 is 29.5 Å². The van der Waals surface area contributed by atoms with Crippen LogP contribution in [0.1, 0.15) is 27.0 Å². The van der Waals surface area contributed by atoms with Gasteiger partial charge in [0.15, 0.2) is 17.3 Å². The molecule has 0 saturated heterocycles. The average molecular weight is 449 g/mol. The lowest BCUT2D eigenvalue weighted by Crippen LogP contribution is -1.95. The number of carbonyl (C=O) groups is 1. The van der Waals surface area contributed by atoms with Crippen molar-refractivity contribution in [3.8, 4) is 17.2 Å². The largest absolute Gasteiger partial charge is 0.493 e. The van der Waals surface area contributed by atoms with Gasteiger partial charge in [0, 0.05) is 10.6 Å². The minimum Gasteiger partial charge on any atom is -0.493 e. The summed E-state index contributed by atoms with van der Waals surface area (Å²) >= 11 is 5.97. The molecule has 0 aliphatic carbocycles. The summed E-state index contributed by atoms with van der Waals surface area (Å²) in [6.07, 6.45) is 8.11. The highest BCUT2D eigenvalue weighted by Crippen LogP contribution is 2.38. The lowest BCUT2D eigenvalue weighted by Gasteiger charge is -2.13. The van der Waals surface area contributed by atoms with E-state index in [1.165, 1.54) is 0 Å². The molecular weight excluding hydrogens is 424 g/mol. The van der Waals surface area contributed by atoms with Crippen molar-refractivity contribution in [2.45, 2.75) is 6.42 Å². The van der Waals surface area contributed by atoms with Crippen LogP contribution in [-0.4, -0.2) is 27.1 Å². The molecule has 5 heteroatoms. The highest BCUT2D eigenvalue weighted by Gasteiger charge is 2.12. The predicted octanol–water partition coefficient (Wildman–Crippen LogP) is 6.52. The maximum Gasteiger partial charge on any atom is 0.203 e. The molecule has 32 heavy (non-hydrogen) atoms. The lowest BCUT2D eigenvalue weighted by atomic mass is 10.0. The SMILES string of the molecule is COc1cc(/C=C\c2ccccc2C/C=C\C(=O)c2cccc(Cl)c2)cc(OC)c1OC. The van der Waals surface area contributed by atoms with Crippen molar-refractivity contribution in [2.24, 2.45) is 0 Å². The summed E-state index contributed by atoms with van der Waals surface area (Å²) in [4.78, 5) is 12.4. The smallest absolute Gasteiger partial charge is 0.203 e. The topological polar surface area (TPSA) is 44.8 Å². The molecule has 0 radical (unpaired) electrons. The lowest BCUT2D eigenvalue weighted by molar-refractivity contribution is 0.104. The molecule has 0 atom stereocenters. The van der Waals surface area contributed by atoms with Gasteiger partial charge in [0.05, 0.1) is 21.3 Å². The molecule has 0 aliphatic rings. The molecule has 0 N–H and O–H groups in total. The van der Waals surface area contributed by atoms with E-state index in [-0.39, 0.29) is 5.78 Å². The number of halogens is 1. The Hall–Kier alpha value is -3.50. The molecule has 0 aliphatic heterocycles. The zero-order valence-electron chi connectivity index (χ0n) is 18.3. The first-order valence-electron chi connectivity index (χ1n) is 10.1. The summed E-state index contributed by atoms with van der Waals surface area (Å²) in [5, 5.41) is 0.548. The summed E-state index contributed by atoms with van der Waals surface area (Å²) in [5.74, 6) is 1.68. The number of benzene rings is 3. The van der Waals surface area contributed by atoms with Crippen LogP contribution in [0, 0.1) is 0 Å². The Bertz CT molecular complexity index is 1120. The van der Waals surface area contributed by atoms with Gasteiger partial charge in [0.1, 0.15) is 0 Å². The molecule has 164 valence electrons. The second kappa shape index (κ2) is 11.2. The van der Waals surface area contributed by atoms with Crippen molar-refractivity contribution in [3.05, 3.63) is 100 Å². The van der Waals surface area contributed by atoms with Gasteiger partial charge in [-0.25, -0.2) is 0 Å². The van der Waals surface area contributed by atoms with Crippen molar-refractivity contribution in [1.29, 1.82) is 0 Å². The number of methoxy groups -OCH3 is 3. The molecule has 3 aromatic carbocycles. The van der Waals surface area contributed by atoms with E-state index >= 15 is 0 Å². The fourth-order valence-electron chi connectivity index (χ4n) is 3.30. The minimum atomic E-state index is -0.0713. The number of allylic oxidation sites excluding steroid dienone is 2. The first-order valence-corrected chi connectivity index (χ1v) is 10.5. The van der Waals surface area contributed by atoms with Gasteiger partial charge in [0.2, 0.25) is 5.75 Å². The van der Waals surface area contributed by atoms with Crippen LogP contribution in [0.3, 0.4) is 0 Å². The van der Waals surface area contributed by atoms with E-state index in [0.717, 1.165) is 16.7 Å².